The summed E-state index contributed by atoms with van der Waals surface area (Å²) in [6.07, 6.45) is 0. The molecule has 6 nitrogen and oxygen atoms in total. The number of rotatable bonds is 8. The Morgan fingerprint density at radius 2 is 0.634 bits per heavy atom. The van der Waals surface area contributed by atoms with E-state index in [1.54, 1.807) is 0 Å². The van der Waals surface area contributed by atoms with Gasteiger partial charge < -0.3 is 16.0 Å². The van der Waals surface area contributed by atoms with Gasteiger partial charge in [0.2, 0.25) is 17.7 Å². The molecule has 3 amide bonds. The van der Waals surface area contributed by atoms with E-state index in [9.17, 15) is 14.4 Å². The molecule has 4 rings (SSSR count). The van der Waals surface area contributed by atoms with Crippen molar-refractivity contribution in [2.45, 2.75) is 52.4 Å². The monoisotopic (exact) mass is 547 g/mol. The molecule has 0 spiro atoms. The zero-order valence-electron chi connectivity index (χ0n) is 24.5. The molecule has 0 fully saturated rings. The van der Waals surface area contributed by atoms with Crippen LogP contribution in [0.3, 0.4) is 0 Å². The molecule has 0 saturated heterocycles. The van der Waals surface area contributed by atoms with Gasteiger partial charge in [-0.1, -0.05) is 74.5 Å². The minimum Gasteiger partial charge on any atom is -0.326 e. The molecule has 4 aromatic rings. The summed E-state index contributed by atoms with van der Waals surface area (Å²) in [6, 6.07) is 32.5. The number of amides is 3. The van der Waals surface area contributed by atoms with E-state index in [4.69, 9.17) is 0 Å². The lowest BCUT2D eigenvalue weighted by Crippen LogP contribution is -2.26. The number of benzene rings is 4. The second kappa shape index (κ2) is 11.8. The smallest absolute Gasteiger partial charge is 0.221 e. The highest BCUT2D eigenvalue weighted by Gasteiger charge is 2.32. The maximum absolute atomic E-state index is 11.6. The standard InChI is InChI=1S/C35H37N3O3/c1-23(39)36-31-17-11-27(12-18-31)34(4,5)26-7-9-28(10-8-26)35(6,29-13-19-32(20-14-29)37-24(2)40)30-15-21-33(22-16-30)38-25(3)41/h7-22H,1-6H3,(H,36,39)(H,37,40)(H,38,41). The predicted molar refractivity (Wildman–Crippen MR) is 166 cm³/mol. The Morgan fingerprint density at radius 3 is 0.902 bits per heavy atom. The van der Waals surface area contributed by atoms with Crippen molar-refractivity contribution < 1.29 is 14.4 Å². The predicted octanol–water partition coefficient (Wildman–Crippen LogP) is 7.24. The lowest BCUT2D eigenvalue weighted by molar-refractivity contribution is -0.115. The third-order valence-corrected chi connectivity index (χ3v) is 7.68. The van der Waals surface area contributed by atoms with E-state index < -0.39 is 5.41 Å². The van der Waals surface area contributed by atoms with Crippen LogP contribution >= 0.6 is 0 Å². The SMILES string of the molecule is CC(=O)Nc1ccc(C(C)(C)c2ccc(C(C)(c3ccc(NC(C)=O)cc3)c3ccc(NC(C)=O)cc3)cc2)cc1. The molecular weight excluding hydrogens is 510 g/mol. The molecule has 0 aromatic heterocycles. The molecule has 0 aliphatic heterocycles. The largest absolute Gasteiger partial charge is 0.326 e. The molecule has 0 bridgehead atoms. The Kier molecular flexibility index (Phi) is 8.43. The zero-order chi connectivity index (χ0) is 29.8. The van der Waals surface area contributed by atoms with Gasteiger partial charge in [0.05, 0.1) is 0 Å². The number of carbonyl (C=O) groups is 3. The van der Waals surface area contributed by atoms with Gasteiger partial charge in [-0.25, -0.2) is 0 Å². The molecule has 0 aliphatic rings. The Hall–Kier alpha value is -4.71. The first kappa shape index (κ1) is 29.3. The third-order valence-electron chi connectivity index (χ3n) is 7.68. The molecule has 4 aromatic carbocycles. The first-order chi connectivity index (χ1) is 19.4. The van der Waals surface area contributed by atoms with E-state index in [2.05, 4.69) is 73.1 Å². The molecule has 0 atom stereocenters. The molecule has 0 heterocycles. The Morgan fingerprint density at radius 1 is 0.415 bits per heavy atom. The summed E-state index contributed by atoms with van der Waals surface area (Å²) in [7, 11) is 0. The normalized spacial score (nSPS) is 11.5. The number of anilines is 3. The average molecular weight is 548 g/mol. The van der Waals surface area contributed by atoms with Crippen molar-refractivity contribution in [2.75, 3.05) is 16.0 Å². The van der Waals surface area contributed by atoms with Crippen molar-refractivity contribution >= 4 is 34.8 Å². The molecular formula is C35H37N3O3. The fraction of sp³-hybridized carbons (Fsp3) is 0.229. The van der Waals surface area contributed by atoms with Crippen LogP contribution in [0.1, 0.15) is 69.4 Å². The number of hydrogen-bond donors (Lipinski definition) is 3. The lowest BCUT2D eigenvalue weighted by Gasteiger charge is -2.33. The highest BCUT2D eigenvalue weighted by atomic mass is 16.2. The summed E-state index contributed by atoms with van der Waals surface area (Å²) in [5.41, 5.74) is 7.05. The van der Waals surface area contributed by atoms with Crippen molar-refractivity contribution in [3.05, 3.63) is 125 Å². The van der Waals surface area contributed by atoms with E-state index in [-0.39, 0.29) is 23.1 Å². The summed E-state index contributed by atoms with van der Waals surface area (Å²) in [5.74, 6) is -0.320. The maximum atomic E-state index is 11.6. The van der Waals surface area contributed by atoms with Crippen LogP contribution in [0.15, 0.2) is 97.1 Å². The minimum atomic E-state index is -0.508. The van der Waals surface area contributed by atoms with Crippen molar-refractivity contribution in [2.24, 2.45) is 0 Å². The van der Waals surface area contributed by atoms with Gasteiger partial charge in [-0.3, -0.25) is 14.4 Å². The number of hydrogen-bond acceptors (Lipinski definition) is 3. The van der Waals surface area contributed by atoms with Gasteiger partial charge in [0.15, 0.2) is 0 Å². The number of nitrogens with one attached hydrogen (secondary N) is 3. The highest BCUT2D eigenvalue weighted by molar-refractivity contribution is 5.89. The summed E-state index contributed by atoms with van der Waals surface area (Å²) < 4.78 is 0. The molecule has 3 N–H and O–H groups in total. The minimum absolute atomic E-state index is 0.0924. The second-order valence-corrected chi connectivity index (χ2v) is 11.1. The Balaban J connectivity index is 1.73. The molecule has 41 heavy (non-hydrogen) atoms. The summed E-state index contributed by atoms with van der Waals surface area (Å²) >= 11 is 0. The van der Waals surface area contributed by atoms with Crippen LogP contribution < -0.4 is 16.0 Å². The molecule has 0 aliphatic carbocycles. The van der Waals surface area contributed by atoms with Crippen molar-refractivity contribution in [3.8, 4) is 0 Å². The second-order valence-electron chi connectivity index (χ2n) is 11.1. The van der Waals surface area contributed by atoms with Crippen LogP contribution in [-0.2, 0) is 25.2 Å². The average Bonchev–Trinajstić information content (AvgIpc) is 2.93. The Bertz CT molecular complexity index is 1480. The summed E-state index contributed by atoms with van der Waals surface area (Å²) in [5, 5.41) is 8.51. The Labute approximate surface area is 242 Å². The molecule has 0 radical (unpaired) electrons. The molecule has 0 unspecified atom stereocenters. The zero-order valence-corrected chi connectivity index (χ0v) is 24.5. The van der Waals surface area contributed by atoms with Crippen LogP contribution in [0.4, 0.5) is 17.1 Å². The topological polar surface area (TPSA) is 87.3 Å². The summed E-state index contributed by atoms with van der Waals surface area (Å²) in [6.45, 7) is 11.1. The van der Waals surface area contributed by atoms with Crippen LogP contribution in [0, 0.1) is 0 Å². The van der Waals surface area contributed by atoms with E-state index in [1.807, 2.05) is 60.7 Å². The maximum Gasteiger partial charge on any atom is 0.221 e. The quantitative estimate of drug-likeness (QED) is 0.203. The number of carbonyl (C=O) groups excluding carboxylic acids is 3. The van der Waals surface area contributed by atoms with Gasteiger partial charge in [-0.05, 0) is 71.1 Å². The van der Waals surface area contributed by atoms with Crippen molar-refractivity contribution in [3.63, 3.8) is 0 Å². The van der Waals surface area contributed by atoms with Gasteiger partial charge in [0.25, 0.3) is 0 Å². The summed E-state index contributed by atoms with van der Waals surface area (Å²) in [4.78, 5) is 34.5. The first-order valence-corrected chi connectivity index (χ1v) is 13.6. The highest BCUT2D eigenvalue weighted by Crippen LogP contribution is 2.41. The van der Waals surface area contributed by atoms with E-state index in [0.717, 1.165) is 44.9 Å². The lowest BCUT2D eigenvalue weighted by atomic mass is 9.70. The van der Waals surface area contributed by atoms with Crippen molar-refractivity contribution in [1.82, 2.24) is 0 Å². The van der Waals surface area contributed by atoms with E-state index >= 15 is 0 Å². The van der Waals surface area contributed by atoms with Crippen LogP contribution in [0.5, 0.6) is 0 Å². The molecule has 6 heteroatoms. The van der Waals surface area contributed by atoms with Gasteiger partial charge in [0.1, 0.15) is 0 Å². The van der Waals surface area contributed by atoms with Crippen LogP contribution in [0.2, 0.25) is 0 Å². The van der Waals surface area contributed by atoms with Crippen molar-refractivity contribution in [1.29, 1.82) is 0 Å². The fourth-order valence-electron chi connectivity index (χ4n) is 5.24. The van der Waals surface area contributed by atoms with Crippen LogP contribution in [0.25, 0.3) is 0 Å². The molecule has 210 valence electrons. The van der Waals surface area contributed by atoms with Gasteiger partial charge >= 0.3 is 0 Å². The van der Waals surface area contributed by atoms with E-state index in [1.165, 1.54) is 20.8 Å². The van der Waals surface area contributed by atoms with Gasteiger partial charge in [-0.15, -0.1) is 0 Å². The first-order valence-electron chi connectivity index (χ1n) is 13.6. The fourth-order valence-corrected chi connectivity index (χ4v) is 5.24. The van der Waals surface area contributed by atoms with Gasteiger partial charge in [0, 0.05) is 48.7 Å². The molecule has 0 saturated carbocycles. The van der Waals surface area contributed by atoms with Crippen LogP contribution in [-0.4, -0.2) is 17.7 Å². The van der Waals surface area contributed by atoms with Gasteiger partial charge in [-0.2, -0.15) is 0 Å². The van der Waals surface area contributed by atoms with E-state index in [0.29, 0.717) is 0 Å². The third kappa shape index (κ3) is 6.55.